The van der Waals surface area contributed by atoms with E-state index in [9.17, 15) is 19.1 Å². The van der Waals surface area contributed by atoms with Crippen molar-refractivity contribution in [1.29, 1.82) is 0 Å². The van der Waals surface area contributed by atoms with Gasteiger partial charge in [0.15, 0.2) is 5.13 Å². The molecule has 1 amide bonds. The smallest absolute Gasteiger partial charge is 0.301 e. The fourth-order valence-corrected chi connectivity index (χ4v) is 5.13. The van der Waals surface area contributed by atoms with Gasteiger partial charge in [-0.15, -0.1) is 0 Å². The summed E-state index contributed by atoms with van der Waals surface area (Å²) < 4.78 is 19.8. The second-order valence-electron chi connectivity index (χ2n) is 7.66. The summed E-state index contributed by atoms with van der Waals surface area (Å²) in [6.45, 7) is 3.39. The van der Waals surface area contributed by atoms with Gasteiger partial charge in [0.05, 0.1) is 27.4 Å². The van der Waals surface area contributed by atoms with Crippen molar-refractivity contribution >= 4 is 55.7 Å². The molecule has 2 aromatic carbocycles. The first-order chi connectivity index (χ1) is 15.7. The number of anilines is 1. The Morgan fingerprint density at radius 2 is 1.88 bits per heavy atom. The third-order valence-electron chi connectivity index (χ3n) is 5.47. The highest BCUT2D eigenvalue weighted by molar-refractivity contribution is 7.22. The zero-order valence-electron chi connectivity index (χ0n) is 17.4. The first-order valence-corrected chi connectivity index (χ1v) is 11.1. The minimum absolute atomic E-state index is 0.0864. The molecule has 1 unspecified atom stereocenters. The molecule has 1 aliphatic rings. The Morgan fingerprint density at radius 1 is 1.15 bits per heavy atom. The van der Waals surface area contributed by atoms with Gasteiger partial charge in [-0.05, 0) is 55.8 Å². The van der Waals surface area contributed by atoms with E-state index in [1.54, 1.807) is 44.2 Å². The lowest BCUT2D eigenvalue weighted by molar-refractivity contribution is -0.132. The molecule has 4 aromatic rings. The number of fused-ring (bicyclic) bond motifs is 1. The molecular weight excluding hydrogens is 467 g/mol. The molecule has 166 valence electrons. The van der Waals surface area contributed by atoms with Crippen LogP contribution in [0.15, 0.2) is 58.5 Å². The van der Waals surface area contributed by atoms with Gasteiger partial charge < -0.3 is 9.52 Å². The number of aliphatic hydroxyl groups excluding tert-OH is 1. The van der Waals surface area contributed by atoms with Crippen molar-refractivity contribution in [3.05, 3.63) is 87.6 Å². The Labute approximate surface area is 196 Å². The number of aryl methyl sites for hydroxylation is 2. The van der Waals surface area contributed by atoms with Crippen LogP contribution in [0.3, 0.4) is 0 Å². The zero-order valence-corrected chi connectivity index (χ0v) is 19.0. The Morgan fingerprint density at radius 3 is 2.55 bits per heavy atom. The van der Waals surface area contributed by atoms with Crippen molar-refractivity contribution in [1.82, 2.24) is 4.98 Å². The number of carbonyl (C=O) groups excluding carboxylic acids is 2. The first kappa shape index (κ1) is 21.4. The van der Waals surface area contributed by atoms with E-state index in [0.717, 1.165) is 11.3 Å². The standard InChI is InChI=1S/C24H16ClFN2O4S/c1-11-9-16(12(2)32-11)21(29)19-20(13-3-5-14(25)6-4-13)28(23(31)22(19)30)24-27-17-8-7-15(26)10-18(17)33-24/h3-10,20,29H,1-2H3/b21-19+. The fraction of sp³-hybridized carbons (Fsp3) is 0.125. The number of Topliss-reactive ketones (excluding diaryl/α,β-unsaturated/α-hetero) is 1. The Bertz CT molecular complexity index is 1470. The highest BCUT2D eigenvalue weighted by Gasteiger charge is 2.48. The third kappa shape index (κ3) is 3.51. The SMILES string of the molecule is Cc1cc(/C(O)=C2\C(=O)C(=O)N(c3nc4ccc(F)cc4s3)C2c2ccc(Cl)cc2)c(C)o1. The number of carbonyl (C=O) groups is 2. The van der Waals surface area contributed by atoms with Gasteiger partial charge in [-0.3, -0.25) is 14.5 Å². The summed E-state index contributed by atoms with van der Waals surface area (Å²) in [4.78, 5) is 32.1. The van der Waals surface area contributed by atoms with E-state index in [2.05, 4.69) is 4.98 Å². The number of nitrogens with zero attached hydrogens (tertiary/aromatic N) is 2. The minimum atomic E-state index is -0.956. The predicted molar refractivity (Wildman–Crippen MR) is 124 cm³/mol. The first-order valence-electron chi connectivity index (χ1n) is 9.94. The van der Waals surface area contributed by atoms with E-state index in [0.29, 0.717) is 37.9 Å². The summed E-state index contributed by atoms with van der Waals surface area (Å²) in [6, 6.07) is 11.4. The van der Waals surface area contributed by atoms with E-state index < -0.39 is 23.5 Å². The molecule has 3 heterocycles. The van der Waals surface area contributed by atoms with Crippen LogP contribution in [0, 0.1) is 19.7 Å². The summed E-state index contributed by atoms with van der Waals surface area (Å²) in [5, 5.41) is 11.9. The van der Waals surface area contributed by atoms with Gasteiger partial charge in [-0.1, -0.05) is 35.1 Å². The van der Waals surface area contributed by atoms with Gasteiger partial charge in [0.1, 0.15) is 23.1 Å². The number of thiazole rings is 1. The average Bonchev–Trinajstić information content (AvgIpc) is 3.41. The molecule has 6 nitrogen and oxygen atoms in total. The van der Waals surface area contributed by atoms with Crippen LogP contribution in [0.25, 0.3) is 16.0 Å². The molecule has 1 aliphatic heterocycles. The lowest BCUT2D eigenvalue weighted by Gasteiger charge is -2.22. The highest BCUT2D eigenvalue weighted by atomic mass is 35.5. The van der Waals surface area contributed by atoms with E-state index in [-0.39, 0.29) is 16.5 Å². The lowest BCUT2D eigenvalue weighted by Crippen LogP contribution is -2.29. The summed E-state index contributed by atoms with van der Waals surface area (Å²) in [5.74, 6) is -1.48. The maximum Gasteiger partial charge on any atom is 0.301 e. The van der Waals surface area contributed by atoms with Crippen molar-refractivity contribution in [2.24, 2.45) is 0 Å². The molecule has 0 saturated carbocycles. The number of hydrogen-bond donors (Lipinski definition) is 1. The number of hydrogen-bond acceptors (Lipinski definition) is 6. The van der Waals surface area contributed by atoms with E-state index in [1.807, 2.05) is 0 Å². The lowest BCUT2D eigenvalue weighted by atomic mass is 9.95. The number of ketones is 1. The Hall–Kier alpha value is -3.49. The summed E-state index contributed by atoms with van der Waals surface area (Å²) in [5.41, 5.74) is 1.30. The van der Waals surface area contributed by atoms with Crippen LogP contribution in [0.4, 0.5) is 9.52 Å². The van der Waals surface area contributed by atoms with E-state index in [1.165, 1.54) is 23.1 Å². The second kappa shape index (κ2) is 7.83. The number of halogens is 2. The fourth-order valence-electron chi connectivity index (χ4n) is 3.99. The topological polar surface area (TPSA) is 83.6 Å². The van der Waals surface area contributed by atoms with E-state index in [4.69, 9.17) is 16.0 Å². The summed E-state index contributed by atoms with van der Waals surface area (Å²) in [6.07, 6.45) is 0. The molecule has 1 atom stereocenters. The quantitative estimate of drug-likeness (QED) is 0.222. The Balaban J connectivity index is 1.75. The number of aliphatic hydroxyl groups is 1. The van der Waals surface area contributed by atoms with Crippen molar-refractivity contribution < 1.29 is 23.5 Å². The Kier molecular flexibility index (Phi) is 5.07. The largest absolute Gasteiger partial charge is 0.507 e. The average molecular weight is 483 g/mol. The van der Waals surface area contributed by atoms with E-state index >= 15 is 0 Å². The van der Waals surface area contributed by atoms with Gasteiger partial charge in [-0.25, -0.2) is 9.37 Å². The molecular formula is C24H16ClFN2O4S. The number of amides is 1. The predicted octanol–water partition coefficient (Wildman–Crippen LogP) is 5.92. The molecule has 0 aliphatic carbocycles. The van der Waals surface area contributed by atoms with Gasteiger partial charge in [0.25, 0.3) is 5.78 Å². The molecule has 0 bridgehead atoms. The summed E-state index contributed by atoms with van der Waals surface area (Å²) in [7, 11) is 0. The normalized spacial score (nSPS) is 17.9. The molecule has 1 saturated heterocycles. The molecule has 1 N–H and O–H groups in total. The van der Waals surface area contributed by atoms with Crippen LogP contribution in [-0.2, 0) is 9.59 Å². The van der Waals surface area contributed by atoms with Crippen LogP contribution >= 0.6 is 22.9 Å². The van der Waals surface area contributed by atoms with Crippen LogP contribution < -0.4 is 4.90 Å². The van der Waals surface area contributed by atoms with Gasteiger partial charge in [0, 0.05) is 5.02 Å². The zero-order chi connectivity index (χ0) is 23.4. The van der Waals surface area contributed by atoms with Crippen molar-refractivity contribution in [3.8, 4) is 0 Å². The van der Waals surface area contributed by atoms with Gasteiger partial charge in [0.2, 0.25) is 0 Å². The monoisotopic (exact) mass is 482 g/mol. The second-order valence-corrected chi connectivity index (χ2v) is 9.10. The maximum absolute atomic E-state index is 13.7. The molecule has 1 fully saturated rings. The molecule has 2 aromatic heterocycles. The highest BCUT2D eigenvalue weighted by Crippen LogP contribution is 2.45. The molecule has 9 heteroatoms. The minimum Gasteiger partial charge on any atom is -0.507 e. The number of aromatic nitrogens is 1. The van der Waals surface area contributed by atoms with Crippen molar-refractivity contribution in [3.63, 3.8) is 0 Å². The number of furan rings is 1. The van der Waals surface area contributed by atoms with Crippen LogP contribution in [0.5, 0.6) is 0 Å². The molecule has 0 spiro atoms. The van der Waals surface area contributed by atoms with Crippen molar-refractivity contribution in [2.75, 3.05) is 4.90 Å². The van der Waals surface area contributed by atoms with Gasteiger partial charge in [-0.2, -0.15) is 0 Å². The van der Waals surface area contributed by atoms with Crippen molar-refractivity contribution in [2.45, 2.75) is 19.9 Å². The van der Waals surface area contributed by atoms with Crippen LogP contribution in [-0.4, -0.2) is 21.8 Å². The number of rotatable bonds is 3. The van der Waals surface area contributed by atoms with Crippen LogP contribution in [0.1, 0.15) is 28.7 Å². The molecule has 33 heavy (non-hydrogen) atoms. The molecule has 0 radical (unpaired) electrons. The summed E-state index contributed by atoms with van der Waals surface area (Å²) >= 11 is 7.13. The molecule has 5 rings (SSSR count). The van der Waals surface area contributed by atoms with Gasteiger partial charge >= 0.3 is 5.91 Å². The number of benzene rings is 2. The van der Waals surface area contributed by atoms with Crippen LogP contribution in [0.2, 0.25) is 5.02 Å². The third-order valence-corrected chi connectivity index (χ3v) is 6.74. The maximum atomic E-state index is 13.7.